The second kappa shape index (κ2) is 4.87. The number of aromatic nitrogens is 3. The number of pyridine rings is 1. The molecule has 0 fully saturated rings. The van der Waals surface area contributed by atoms with Crippen LogP contribution in [0, 0.1) is 0 Å². The summed E-state index contributed by atoms with van der Waals surface area (Å²) in [7, 11) is 1.83. The fourth-order valence-electron chi connectivity index (χ4n) is 1.68. The van der Waals surface area contributed by atoms with Crippen LogP contribution in [0.2, 0.25) is 0 Å². The van der Waals surface area contributed by atoms with Crippen LogP contribution >= 0.6 is 0 Å². The molecule has 0 unspecified atom stereocenters. The molecule has 0 aliphatic carbocycles. The van der Waals surface area contributed by atoms with E-state index in [1.54, 1.807) is 10.9 Å². The van der Waals surface area contributed by atoms with Gasteiger partial charge < -0.3 is 9.67 Å². The van der Waals surface area contributed by atoms with Gasteiger partial charge in [-0.3, -0.25) is 9.48 Å². The predicted molar refractivity (Wildman–Crippen MR) is 64.6 cm³/mol. The Labute approximate surface area is 103 Å². The molecule has 2 heterocycles. The summed E-state index contributed by atoms with van der Waals surface area (Å²) in [6.07, 6.45) is 5.82. The first-order valence-electron chi connectivity index (χ1n) is 5.47. The van der Waals surface area contributed by atoms with Crippen LogP contribution in [0.5, 0.6) is 0 Å². The summed E-state index contributed by atoms with van der Waals surface area (Å²) < 4.78 is 3.19. The van der Waals surface area contributed by atoms with Gasteiger partial charge in [0.05, 0.1) is 11.8 Å². The number of aromatic carboxylic acids is 1. The molecular formula is C12H13N3O3. The van der Waals surface area contributed by atoms with Crippen molar-refractivity contribution in [2.45, 2.75) is 13.0 Å². The van der Waals surface area contributed by atoms with Crippen molar-refractivity contribution in [2.24, 2.45) is 7.05 Å². The third kappa shape index (κ3) is 2.65. The Morgan fingerprint density at radius 2 is 2.28 bits per heavy atom. The number of nitrogens with zero attached hydrogens (tertiary/aromatic N) is 3. The molecule has 1 N–H and O–H groups in total. The maximum atomic E-state index is 11.6. The van der Waals surface area contributed by atoms with E-state index in [-0.39, 0.29) is 11.1 Å². The predicted octanol–water partition coefficient (Wildman–Crippen LogP) is 0.523. The number of aryl methyl sites for hydroxylation is 3. The van der Waals surface area contributed by atoms with Gasteiger partial charge in [0.1, 0.15) is 0 Å². The molecular weight excluding hydrogens is 234 g/mol. The lowest BCUT2D eigenvalue weighted by molar-refractivity contribution is 0.0696. The minimum absolute atomic E-state index is 0.0117. The van der Waals surface area contributed by atoms with Crippen molar-refractivity contribution in [1.82, 2.24) is 14.3 Å². The number of rotatable bonds is 4. The summed E-state index contributed by atoms with van der Waals surface area (Å²) in [5, 5.41) is 12.8. The molecule has 0 amide bonds. The summed E-state index contributed by atoms with van der Waals surface area (Å²) in [5.74, 6) is -1.09. The lowest BCUT2D eigenvalue weighted by atomic mass is 10.2. The average molecular weight is 247 g/mol. The highest BCUT2D eigenvalue weighted by Crippen LogP contribution is 2.00. The van der Waals surface area contributed by atoms with Crippen LogP contribution in [-0.4, -0.2) is 25.4 Å². The average Bonchev–Trinajstić information content (AvgIpc) is 2.73. The molecule has 0 saturated carbocycles. The molecule has 0 aromatic carbocycles. The molecule has 6 nitrogen and oxygen atoms in total. The van der Waals surface area contributed by atoms with Crippen molar-refractivity contribution in [3.63, 3.8) is 0 Å². The van der Waals surface area contributed by atoms with Crippen LogP contribution in [0.4, 0.5) is 0 Å². The number of carboxylic acid groups (broad SMARTS) is 1. The van der Waals surface area contributed by atoms with Crippen LogP contribution in [0.1, 0.15) is 15.9 Å². The van der Waals surface area contributed by atoms with Crippen LogP contribution in [-0.2, 0) is 20.0 Å². The number of carboxylic acids is 1. The van der Waals surface area contributed by atoms with Gasteiger partial charge in [0.25, 0.3) is 5.56 Å². The number of hydrogen-bond donors (Lipinski definition) is 1. The topological polar surface area (TPSA) is 77.1 Å². The van der Waals surface area contributed by atoms with Crippen molar-refractivity contribution in [1.29, 1.82) is 0 Å². The number of hydrogen-bond acceptors (Lipinski definition) is 3. The van der Waals surface area contributed by atoms with Crippen molar-refractivity contribution < 1.29 is 9.90 Å². The van der Waals surface area contributed by atoms with Crippen LogP contribution in [0.25, 0.3) is 0 Å². The zero-order chi connectivity index (χ0) is 13.1. The summed E-state index contributed by atoms with van der Waals surface area (Å²) in [4.78, 5) is 22.3. The third-order valence-electron chi connectivity index (χ3n) is 2.64. The van der Waals surface area contributed by atoms with Gasteiger partial charge in [-0.25, -0.2) is 4.79 Å². The molecule has 2 aromatic rings. The van der Waals surface area contributed by atoms with Gasteiger partial charge >= 0.3 is 5.97 Å². The molecule has 18 heavy (non-hydrogen) atoms. The van der Waals surface area contributed by atoms with Crippen molar-refractivity contribution >= 4 is 5.97 Å². The highest BCUT2D eigenvalue weighted by atomic mass is 16.4. The molecule has 0 radical (unpaired) electrons. The summed E-state index contributed by atoms with van der Waals surface area (Å²) in [5.41, 5.74) is 0.739. The fraction of sp³-hybridized carbons (Fsp3) is 0.250. The van der Waals surface area contributed by atoms with E-state index >= 15 is 0 Å². The molecule has 94 valence electrons. The lowest BCUT2D eigenvalue weighted by Crippen LogP contribution is -2.21. The van der Waals surface area contributed by atoms with Gasteiger partial charge in [0.2, 0.25) is 0 Å². The van der Waals surface area contributed by atoms with Crippen molar-refractivity contribution in [3.8, 4) is 0 Å². The molecule has 0 saturated heterocycles. The maximum Gasteiger partial charge on any atom is 0.335 e. The Balaban J connectivity index is 2.10. The molecule has 0 aliphatic rings. The van der Waals surface area contributed by atoms with Crippen LogP contribution in [0.15, 0.2) is 35.5 Å². The van der Waals surface area contributed by atoms with E-state index in [0.717, 1.165) is 11.6 Å². The van der Waals surface area contributed by atoms with Crippen molar-refractivity contribution in [2.75, 3.05) is 0 Å². The molecule has 0 bridgehead atoms. The first-order valence-corrected chi connectivity index (χ1v) is 5.47. The van der Waals surface area contributed by atoms with Gasteiger partial charge in [0.15, 0.2) is 0 Å². The second-order valence-electron chi connectivity index (χ2n) is 4.02. The van der Waals surface area contributed by atoms with Gasteiger partial charge in [-0.1, -0.05) is 0 Å². The largest absolute Gasteiger partial charge is 0.478 e. The standard InChI is InChI=1S/C12H13N3O3/c1-14-8-9(7-13-14)2-4-15-5-3-10(12(17)18)6-11(15)16/h3,5-8H,2,4H2,1H3,(H,17,18). The molecule has 0 atom stereocenters. The Morgan fingerprint density at radius 1 is 1.50 bits per heavy atom. The molecule has 0 aliphatic heterocycles. The zero-order valence-electron chi connectivity index (χ0n) is 9.91. The normalized spacial score (nSPS) is 10.5. The Morgan fingerprint density at radius 3 is 2.83 bits per heavy atom. The van der Waals surface area contributed by atoms with Gasteiger partial charge in [0, 0.05) is 32.1 Å². The summed E-state index contributed by atoms with van der Waals surface area (Å²) >= 11 is 0. The van der Waals surface area contributed by atoms with Crippen molar-refractivity contribution in [3.05, 3.63) is 52.2 Å². The van der Waals surface area contributed by atoms with E-state index in [9.17, 15) is 9.59 Å². The van der Waals surface area contributed by atoms with Gasteiger partial charge in [-0.15, -0.1) is 0 Å². The minimum atomic E-state index is -1.09. The first kappa shape index (κ1) is 12.1. The molecule has 0 spiro atoms. The molecule has 2 rings (SSSR count). The molecule has 2 aromatic heterocycles. The van der Waals surface area contributed by atoms with Gasteiger partial charge in [-0.2, -0.15) is 5.10 Å². The Bertz CT molecular complexity index is 627. The van der Waals surface area contributed by atoms with E-state index < -0.39 is 5.97 Å². The minimum Gasteiger partial charge on any atom is -0.478 e. The SMILES string of the molecule is Cn1cc(CCn2ccc(C(=O)O)cc2=O)cn1. The van der Waals surface area contributed by atoms with Gasteiger partial charge in [-0.05, 0) is 18.1 Å². The van der Waals surface area contributed by atoms with E-state index in [1.807, 2.05) is 13.2 Å². The second-order valence-corrected chi connectivity index (χ2v) is 4.02. The highest BCUT2D eigenvalue weighted by molar-refractivity contribution is 5.87. The first-order chi connectivity index (χ1) is 8.56. The Kier molecular flexibility index (Phi) is 3.27. The maximum absolute atomic E-state index is 11.6. The molecule has 6 heteroatoms. The summed E-state index contributed by atoms with van der Waals surface area (Å²) in [6.45, 7) is 0.504. The fourth-order valence-corrected chi connectivity index (χ4v) is 1.68. The van der Waals surface area contributed by atoms with E-state index in [0.29, 0.717) is 13.0 Å². The smallest absolute Gasteiger partial charge is 0.335 e. The quantitative estimate of drug-likeness (QED) is 0.854. The van der Waals surface area contributed by atoms with Crippen LogP contribution < -0.4 is 5.56 Å². The zero-order valence-corrected chi connectivity index (χ0v) is 9.91. The number of carbonyl (C=O) groups is 1. The van der Waals surface area contributed by atoms with E-state index in [1.165, 1.54) is 16.8 Å². The van der Waals surface area contributed by atoms with E-state index in [4.69, 9.17) is 5.11 Å². The lowest BCUT2D eigenvalue weighted by Gasteiger charge is -2.04. The Hall–Kier alpha value is -2.37. The summed E-state index contributed by atoms with van der Waals surface area (Å²) in [6, 6.07) is 2.55. The monoisotopic (exact) mass is 247 g/mol. The van der Waals surface area contributed by atoms with Crippen LogP contribution in [0.3, 0.4) is 0 Å². The third-order valence-corrected chi connectivity index (χ3v) is 2.64. The highest BCUT2D eigenvalue weighted by Gasteiger charge is 2.05. The van der Waals surface area contributed by atoms with E-state index in [2.05, 4.69) is 5.10 Å².